The third-order valence-electron chi connectivity index (χ3n) is 4.99. The minimum Gasteiger partial charge on any atom is -0.293 e. The molecule has 0 aromatic heterocycles. The van der Waals surface area contributed by atoms with Crippen LogP contribution in [-0.4, -0.2) is 19.5 Å². The van der Waals surface area contributed by atoms with Gasteiger partial charge >= 0.3 is 0 Å². The van der Waals surface area contributed by atoms with Gasteiger partial charge in [-0.3, -0.25) is 4.79 Å². The van der Waals surface area contributed by atoms with Crippen LogP contribution in [0, 0.1) is 5.92 Å². The summed E-state index contributed by atoms with van der Waals surface area (Å²) in [4.78, 5) is 13.1. The quantitative estimate of drug-likeness (QED) is 0.743. The van der Waals surface area contributed by atoms with E-state index in [4.69, 9.17) is 0 Å². The van der Waals surface area contributed by atoms with E-state index < -0.39 is 15.1 Å². The van der Waals surface area contributed by atoms with E-state index in [0.717, 1.165) is 30.4 Å². The summed E-state index contributed by atoms with van der Waals surface area (Å²) in [5.74, 6) is -0.479. The standard InChI is InChI=1S/C22H24O3S/c1-2-3-10-18-15-19(17-11-6-4-7-12-17)16-21(23)22(18)26(24,25)20-13-8-5-9-14-20/h4-9,11-14,16,18,22H,2-3,10,15H2,1H3/t18-,22+/m1/s1. The van der Waals surface area contributed by atoms with Gasteiger partial charge in [-0.1, -0.05) is 68.3 Å². The first-order valence-electron chi connectivity index (χ1n) is 9.13. The summed E-state index contributed by atoms with van der Waals surface area (Å²) in [5.41, 5.74) is 1.94. The minimum absolute atomic E-state index is 0.187. The number of carbonyl (C=O) groups excluding carboxylic acids is 1. The summed E-state index contributed by atoms with van der Waals surface area (Å²) in [6.45, 7) is 2.08. The van der Waals surface area contributed by atoms with Gasteiger partial charge in [0.25, 0.3) is 0 Å². The maximum atomic E-state index is 13.2. The van der Waals surface area contributed by atoms with Crippen LogP contribution in [0.15, 0.2) is 71.6 Å². The van der Waals surface area contributed by atoms with Crippen molar-refractivity contribution in [3.05, 3.63) is 72.3 Å². The molecule has 0 bridgehead atoms. The van der Waals surface area contributed by atoms with E-state index in [-0.39, 0.29) is 16.6 Å². The number of allylic oxidation sites excluding steroid dienone is 2. The lowest BCUT2D eigenvalue weighted by molar-refractivity contribution is -0.115. The van der Waals surface area contributed by atoms with Gasteiger partial charge in [-0.05, 0) is 48.1 Å². The zero-order chi connectivity index (χ0) is 18.6. The third kappa shape index (κ3) is 3.80. The van der Waals surface area contributed by atoms with Crippen LogP contribution in [0.1, 0.15) is 38.2 Å². The molecule has 136 valence electrons. The highest BCUT2D eigenvalue weighted by Gasteiger charge is 2.42. The number of rotatable bonds is 6. The smallest absolute Gasteiger partial charge is 0.188 e. The molecule has 0 N–H and O–H groups in total. The molecule has 0 amide bonds. The van der Waals surface area contributed by atoms with Gasteiger partial charge in [-0.15, -0.1) is 0 Å². The average Bonchev–Trinajstić information content (AvgIpc) is 2.67. The molecule has 1 aliphatic carbocycles. The van der Waals surface area contributed by atoms with E-state index in [1.54, 1.807) is 36.4 Å². The van der Waals surface area contributed by atoms with Crippen molar-refractivity contribution in [2.45, 2.75) is 42.8 Å². The normalized spacial score (nSPS) is 20.7. The first kappa shape index (κ1) is 18.6. The first-order valence-corrected chi connectivity index (χ1v) is 10.7. The summed E-state index contributed by atoms with van der Waals surface area (Å²) < 4.78 is 26.3. The molecule has 26 heavy (non-hydrogen) atoms. The molecular formula is C22H24O3S. The zero-order valence-electron chi connectivity index (χ0n) is 15.0. The van der Waals surface area contributed by atoms with Crippen LogP contribution in [0.5, 0.6) is 0 Å². The Labute approximate surface area is 155 Å². The average molecular weight is 368 g/mol. The molecule has 2 aromatic carbocycles. The van der Waals surface area contributed by atoms with E-state index in [1.165, 1.54) is 0 Å². The fraction of sp³-hybridized carbons (Fsp3) is 0.318. The number of ketones is 1. The van der Waals surface area contributed by atoms with Gasteiger partial charge in [0.05, 0.1) is 4.90 Å². The first-order chi connectivity index (χ1) is 12.5. The summed E-state index contributed by atoms with van der Waals surface area (Å²) >= 11 is 0. The Bertz CT molecular complexity index is 883. The van der Waals surface area contributed by atoms with Crippen molar-refractivity contribution in [2.75, 3.05) is 0 Å². The lowest BCUT2D eigenvalue weighted by Crippen LogP contribution is -2.39. The van der Waals surface area contributed by atoms with Crippen molar-refractivity contribution in [2.24, 2.45) is 5.92 Å². The maximum absolute atomic E-state index is 13.2. The highest BCUT2D eigenvalue weighted by atomic mass is 32.2. The predicted octanol–water partition coefficient (Wildman–Crippen LogP) is 4.69. The van der Waals surface area contributed by atoms with E-state index in [1.807, 2.05) is 30.3 Å². The lowest BCUT2D eigenvalue weighted by atomic mass is 9.82. The second kappa shape index (κ2) is 8.00. The Morgan fingerprint density at radius 2 is 1.58 bits per heavy atom. The van der Waals surface area contributed by atoms with Gasteiger partial charge < -0.3 is 0 Å². The van der Waals surface area contributed by atoms with Crippen LogP contribution in [0.25, 0.3) is 5.57 Å². The van der Waals surface area contributed by atoms with Gasteiger partial charge in [0.2, 0.25) is 0 Å². The highest BCUT2D eigenvalue weighted by molar-refractivity contribution is 7.92. The number of hydrogen-bond donors (Lipinski definition) is 0. The fourth-order valence-corrected chi connectivity index (χ4v) is 5.61. The van der Waals surface area contributed by atoms with Gasteiger partial charge in [0.1, 0.15) is 5.25 Å². The maximum Gasteiger partial charge on any atom is 0.188 e. The molecule has 0 saturated heterocycles. The predicted molar refractivity (Wildman–Crippen MR) is 104 cm³/mol. The summed E-state index contributed by atoms with van der Waals surface area (Å²) in [6, 6.07) is 18.1. The van der Waals surface area contributed by atoms with Crippen molar-refractivity contribution >= 4 is 21.2 Å². The molecule has 2 aromatic rings. The molecule has 2 atom stereocenters. The minimum atomic E-state index is -3.69. The van der Waals surface area contributed by atoms with Crippen LogP contribution in [0.2, 0.25) is 0 Å². The van der Waals surface area contributed by atoms with Crippen molar-refractivity contribution in [1.82, 2.24) is 0 Å². The molecule has 0 unspecified atom stereocenters. The molecule has 3 nitrogen and oxygen atoms in total. The summed E-state index contributed by atoms with van der Waals surface area (Å²) in [5, 5.41) is -0.982. The van der Waals surface area contributed by atoms with Crippen molar-refractivity contribution in [3.8, 4) is 0 Å². The number of benzene rings is 2. The Balaban J connectivity index is 2.00. The SMILES string of the molecule is CCCC[C@@H]1CC(c2ccccc2)=CC(=O)[C@H]1S(=O)(=O)c1ccccc1. The van der Waals surface area contributed by atoms with Crippen molar-refractivity contribution in [3.63, 3.8) is 0 Å². The molecule has 4 heteroatoms. The molecule has 0 aliphatic heterocycles. The van der Waals surface area contributed by atoms with Gasteiger partial charge in [0, 0.05) is 0 Å². The highest BCUT2D eigenvalue weighted by Crippen LogP contribution is 2.37. The van der Waals surface area contributed by atoms with Crippen LogP contribution in [0.4, 0.5) is 0 Å². The molecule has 0 heterocycles. The van der Waals surface area contributed by atoms with E-state index in [9.17, 15) is 13.2 Å². The summed E-state index contributed by atoms with van der Waals surface area (Å²) in [7, 11) is -3.69. The zero-order valence-corrected chi connectivity index (χ0v) is 15.8. The largest absolute Gasteiger partial charge is 0.293 e. The third-order valence-corrected chi connectivity index (χ3v) is 7.20. The number of hydrogen-bond acceptors (Lipinski definition) is 3. The van der Waals surface area contributed by atoms with Crippen molar-refractivity contribution < 1.29 is 13.2 Å². The van der Waals surface area contributed by atoms with Crippen LogP contribution in [0.3, 0.4) is 0 Å². The Hall–Kier alpha value is -2.20. The molecule has 0 fully saturated rings. The fourth-order valence-electron chi connectivity index (χ4n) is 3.67. The van der Waals surface area contributed by atoms with Crippen LogP contribution >= 0.6 is 0 Å². The van der Waals surface area contributed by atoms with Gasteiger partial charge in [-0.25, -0.2) is 8.42 Å². The molecule has 3 rings (SSSR count). The molecule has 0 saturated carbocycles. The van der Waals surface area contributed by atoms with E-state index in [0.29, 0.717) is 6.42 Å². The summed E-state index contributed by atoms with van der Waals surface area (Å²) in [6.07, 6.45) is 4.80. The van der Waals surface area contributed by atoms with E-state index >= 15 is 0 Å². The lowest BCUT2D eigenvalue weighted by Gasteiger charge is -2.30. The second-order valence-corrected chi connectivity index (χ2v) is 8.89. The number of carbonyl (C=O) groups is 1. The monoisotopic (exact) mass is 368 g/mol. The molecule has 1 aliphatic rings. The van der Waals surface area contributed by atoms with Gasteiger partial charge in [-0.2, -0.15) is 0 Å². The topological polar surface area (TPSA) is 51.2 Å². The molecule has 0 spiro atoms. The number of unbranched alkanes of at least 4 members (excludes halogenated alkanes) is 1. The Morgan fingerprint density at radius 3 is 2.19 bits per heavy atom. The van der Waals surface area contributed by atoms with Gasteiger partial charge in [0.15, 0.2) is 15.6 Å². The molecule has 0 radical (unpaired) electrons. The second-order valence-electron chi connectivity index (χ2n) is 6.82. The van der Waals surface area contributed by atoms with Crippen LogP contribution in [-0.2, 0) is 14.6 Å². The van der Waals surface area contributed by atoms with E-state index in [2.05, 4.69) is 6.92 Å². The van der Waals surface area contributed by atoms with Crippen LogP contribution < -0.4 is 0 Å². The van der Waals surface area contributed by atoms with Crippen molar-refractivity contribution in [1.29, 1.82) is 0 Å². The Kier molecular flexibility index (Phi) is 5.72. The Morgan fingerprint density at radius 1 is 0.962 bits per heavy atom. The molecular weight excluding hydrogens is 344 g/mol. The number of sulfone groups is 1.